The lowest BCUT2D eigenvalue weighted by Gasteiger charge is -2.28. The van der Waals surface area contributed by atoms with Crippen LogP contribution in [-0.4, -0.2) is 30.7 Å². The summed E-state index contributed by atoms with van der Waals surface area (Å²) in [5.74, 6) is -4.79. The van der Waals surface area contributed by atoms with Crippen molar-refractivity contribution < 1.29 is 31.8 Å². The van der Waals surface area contributed by atoms with Gasteiger partial charge in [0.25, 0.3) is 0 Å². The van der Waals surface area contributed by atoms with Crippen molar-refractivity contribution >= 4 is 22.5 Å². The molecule has 0 radical (unpaired) electrons. The second-order valence-electron chi connectivity index (χ2n) is 9.76. The Hall–Kier alpha value is -3.98. The molecular weight excluding hydrogens is 512 g/mol. The average molecular weight is 537 g/mol. The van der Waals surface area contributed by atoms with Crippen molar-refractivity contribution in [3.8, 4) is 16.9 Å². The standard InChI is InChI=1S/C30H24F4N2O3/c31-17-13-21(28(34)23(33)14-17)27-22(32)6-5-20-26(16-7-10-38-11-8-16)24(15-35-29(20)27)36-30(37)19-9-12-39-25-4-2-1-3-18(19)25/h1-6,13-16,19H,7-12H2,(H,36,37). The van der Waals surface area contributed by atoms with Crippen LogP contribution in [0.5, 0.6) is 5.75 Å². The number of para-hydroxylation sites is 1. The van der Waals surface area contributed by atoms with E-state index in [0.29, 0.717) is 67.5 Å². The number of benzene rings is 3. The first kappa shape index (κ1) is 25.3. The van der Waals surface area contributed by atoms with Crippen LogP contribution in [0.1, 0.15) is 42.2 Å². The van der Waals surface area contributed by atoms with Crippen molar-refractivity contribution in [2.24, 2.45) is 0 Å². The van der Waals surface area contributed by atoms with Gasteiger partial charge in [0.05, 0.1) is 29.9 Å². The molecule has 2 aliphatic heterocycles. The number of rotatable bonds is 4. The molecule has 1 aromatic heterocycles. The van der Waals surface area contributed by atoms with Crippen LogP contribution >= 0.6 is 0 Å². The molecule has 3 heterocycles. The number of aromatic nitrogens is 1. The molecule has 0 aliphatic carbocycles. The number of carbonyl (C=O) groups excluding carboxylic acids is 1. The van der Waals surface area contributed by atoms with Crippen molar-refractivity contribution in [2.45, 2.75) is 31.1 Å². The molecule has 1 N–H and O–H groups in total. The highest BCUT2D eigenvalue weighted by Gasteiger charge is 2.30. The molecule has 1 fully saturated rings. The first-order valence-corrected chi connectivity index (χ1v) is 12.8. The normalized spacial score (nSPS) is 17.5. The van der Waals surface area contributed by atoms with E-state index in [1.54, 1.807) is 0 Å². The molecule has 1 amide bonds. The van der Waals surface area contributed by atoms with Gasteiger partial charge in [0.1, 0.15) is 17.4 Å². The van der Waals surface area contributed by atoms with Gasteiger partial charge in [0, 0.05) is 41.4 Å². The SMILES string of the molecule is O=C(Nc1cnc2c(-c3cc(F)cc(F)c3F)c(F)ccc2c1C1CCOCC1)C1CCOc2ccccc21. The first-order valence-electron chi connectivity index (χ1n) is 12.8. The smallest absolute Gasteiger partial charge is 0.232 e. The molecule has 2 aliphatic rings. The maximum atomic E-state index is 15.2. The summed E-state index contributed by atoms with van der Waals surface area (Å²) >= 11 is 0. The fraction of sp³-hybridized carbons (Fsp3) is 0.267. The number of halogens is 4. The Morgan fingerprint density at radius 3 is 2.54 bits per heavy atom. The summed E-state index contributed by atoms with van der Waals surface area (Å²) < 4.78 is 69.3. The fourth-order valence-corrected chi connectivity index (χ4v) is 5.62. The lowest BCUT2D eigenvalue weighted by atomic mass is 9.86. The van der Waals surface area contributed by atoms with E-state index in [0.717, 1.165) is 17.7 Å². The maximum Gasteiger partial charge on any atom is 0.232 e. The van der Waals surface area contributed by atoms with E-state index in [-0.39, 0.29) is 22.9 Å². The number of hydrogen-bond donors (Lipinski definition) is 1. The quantitative estimate of drug-likeness (QED) is 0.229. The summed E-state index contributed by atoms with van der Waals surface area (Å²) in [4.78, 5) is 17.9. The molecule has 1 atom stereocenters. The molecule has 1 saturated heterocycles. The van der Waals surface area contributed by atoms with Gasteiger partial charge in [0.15, 0.2) is 11.6 Å². The average Bonchev–Trinajstić information content (AvgIpc) is 2.95. The molecule has 0 spiro atoms. The summed E-state index contributed by atoms with van der Waals surface area (Å²) in [5, 5.41) is 3.49. The number of carbonyl (C=O) groups is 1. The Bertz CT molecular complexity index is 1590. The van der Waals surface area contributed by atoms with Gasteiger partial charge in [-0.25, -0.2) is 17.6 Å². The van der Waals surface area contributed by atoms with E-state index in [1.165, 1.54) is 12.3 Å². The highest BCUT2D eigenvalue weighted by atomic mass is 19.2. The number of anilines is 1. The summed E-state index contributed by atoms with van der Waals surface area (Å²) in [6.07, 6.45) is 3.18. The molecule has 200 valence electrons. The number of hydrogen-bond acceptors (Lipinski definition) is 4. The Morgan fingerprint density at radius 2 is 1.72 bits per heavy atom. The lowest BCUT2D eigenvalue weighted by Crippen LogP contribution is -2.27. The van der Waals surface area contributed by atoms with Crippen LogP contribution in [-0.2, 0) is 9.53 Å². The monoisotopic (exact) mass is 536 g/mol. The van der Waals surface area contributed by atoms with Crippen molar-refractivity contribution in [3.63, 3.8) is 0 Å². The van der Waals surface area contributed by atoms with Crippen LogP contribution in [0, 0.1) is 23.3 Å². The van der Waals surface area contributed by atoms with Crippen LogP contribution in [0.2, 0.25) is 0 Å². The zero-order valence-electron chi connectivity index (χ0n) is 20.8. The number of pyridine rings is 1. The molecule has 4 aromatic rings. The number of ether oxygens (including phenoxy) is 2. The number of fused-ring (bicyclic) bond motifs is 2. The second-order valence-corrected chi connectivity index (χ2v) is 9.76. The predicted octanol–water partition coefficient (Wildman–Crippen LogP) is 6.86. The molecule has 1 unspecified atom stereocenters. The van der Waals surface area contributed by atoms with Crippen molar-refractivity contribution in [1.29, 1.82) is 0 Å². The van der Waals surface area contributed by atoms with E-state index in [4.69, 9.17) is 9.47 Å². The minimum Gasteiger partial charge on any atom is -0.493 e. The largest absolute Gasteiger partial charge is 0.493 e. The lowest BCUT2D eigenvalue weighted by molar-refractivity contribution is -0.118. The third kappa shape index (κ3) is 4.61. The van der Waals surface area contributed by atoms with Crippen LogP contribution < -0.4 is 10.1 Å². The van der Waals surface area contributed by atoms with Gasteiger partial charge in [-0.05, 0) is 55.0 Å². The second kappa shape index (κ2) is 10.3. The van der Waals surface area contributed by atoms with Gasteiger partial charge in [0.2, 0.25) is 5.91 Å². The summed E-state index contributed by atoms with van der Waals surface area (Å²) in [7, 11) is 0. The topological polar surface area (TPSA) is 60.5 Å². The molecule has 3 aromatic carbocycles. The Balaban J connectivity index is 1.49. The fourth-order valence-electron chi connectivity index (χ4n) is 5.62. The zero-order valence-corrected chi connectivity index (χ0v) is 20.8. The summed E-state index contributed by atoms with van der Waals surface area (Å²) in [6, 6.07) is 11.2. The molecule has 0 bridgehead atoms. The van der Waals surface area contributed by atoms with Gasteiger partial charge < -0.3 is 14.8 Å². The summed E-state index contributed by atoms with van der Waals surface area (Å²) in [6.45, 7) is 1.39. The van der Waals surface area contributed by atoms with Gasteiger partial charge in [-0.2, -0.15) is 0 Å². The zero-order chi connectivity index (χ0) is 27.1. The van der Waals surface area contributed by atoms with E-state index in [9.17, 15) is 18.0 Å². The molecular formula is C30H24F4N2O3. The van der Waals surface area contributed by atoms with Crippen molar-refractivity contribution in [3.05, 3.63) is 89.1 Å². The molecule has 39 heavy (non-hydrogen) atoms. The molecule has 5 nitrogen and oxygen atoms in total. The van der Waals surface area contributed by atoms with Crippen LogP contribution in [0.15, 0.2) is 54.7 Å². The Kier molecular flexibility index (Phi) is 6.68. The Labute approximate surface area is 221 Å². The minimum atomic E-state index is -1.42. The number of nitrogens with one attached hydrogen (secondary N) is 1. The van der Waals surface area contributed by atoms with Gasteiger partial charge in [-0.15, -0.1) is 0 Å². The molecule has 0 saturated carbocycles. The Morgan fingerprint density at radius 1 is 0.923 bits per heavy atom. The highest BCUT2D eigenvalue weighted by Crippen LogP contribution is 2.42. The molecule has 6 rings (SSSR count). The van der Waals surface area contributed by atoms with Crippen LogP contribution in [0.4, 0.5) is 23.2 Å². The van der Waals surface area contributed by atoms with E-state index in [1.807, 2.05) is 24.3 Å². The number of amides is 1. The van der Waals surface area contributed by atoms with Gasteiger partial charge in [-0.1, -0.05) is 18.2 Å². The van der Waals surface area contributed by atoms with Crippen molar-refractivity contribution in [1.82, 2.24) is 4.98 Å². The van der Waals surface area contributed by atoms with E-state index in [2.05, 4.69) is 10.3 Å². The molecule has 9 heteroatoms. The number of nitrogens with zero attached hydrogens (tertiary/aromatic N) is 1. The first-order chi connectivity index (χ1) is 18.9. The third-order valence-corrected chi connectivity index (χ3v) is 7.45. The van der Waals surface area contributed by atoms with E-state index >= 15 is 4.39 Å². The van der Waals surface area contributed by atoms with E-state index < -0.39 is 34.8 Å². The van der Waals surface area contributed by atoms with Crippen LogP contribution in [0.25, 0.3) is 22.0 Å². The highest BCUT2D eigenvalue weighted by molar-refractivity contribution is 6.02. The third-order valence-electron chi connectivity index (χ3n) is 7.45. The predicted molar refractivity (Wildman–Crippen MR) is 138 cm³/mol. The maximum absolute atomic E-state index is 15.2. The summed E-state index contributed by atoms with van der Waals surface area (Å²) in [5.41, 5.74) is 1.09. The van der Waals surface area contributed by atoms with Crippen molar-refractivity contribution in [2.75, 3.05) is 25.1 Å². The van der Waals surface area contributed by atoms with Gasteiger partial charge >= 0.3 is 0 Å². The van der Waals surface area contributed by atoms with Gasteiger partial charge in [-0.3, -0.25) is 9.78 Å². The van der Waals surface area contributed by atoms with Crippen LogP contribution in [0.3, 0.4) is 0 Å². The minimum absolute atomic E-state index is 0.0507.